The third kappa shape index (κ3) is 4.85. The molecular weight excluding hydrogens is 370 g/mol. The van der Waals surface area contributed by atoms with E-state index in [1.165, 1.54) is 6.33 Å². The first-order chi connectivity index (χ1) is 13.1. The van der Waals surface area contributed by atoms with Gasteiger partial charge in [-0.1, -0.05) is 11.6 Å². The number of hydrogen-bond donors (Lipinski definition) is 1. The van der Waals surface area contributed by atoms with Crippen molar-refractivity contribution in [2.24, 2.45) is 0 Å². The van der Waals surface area contributed by atoms with E-state index in [1.807, 2.05) is 4.90 Å². The lowest BCUT2D eigenvalue weighted by Crippen LogP contribution is -2.49. The van der Waals surface area contributed by atoms with Crippen LogP contribution in [-0.4, -0.2) is 59.7 Å². The summed E-state index contributed by atoms with van der Waals surface area (Å²) in [4.78, 5) is 36.2. The Morgan fingerprint density at radius 1 is 1.15 bits per heavy atom. The molecule has 1 aliphatic rings. The van der Waals surface area contributed by atoms with Crippen LogP contribution in [0.4, 0.5) is 16.3 Å². The van der Waals surface area contributed by atoms with Crippen LogP contribution in [0.3, 0.4) is 0 Å². The van der Waals surface area contributed by atoms with E-state index in [2.05, 4.69) is 15.3 Å². The minimum atomic E-state index is -0.328. The van der Waals surface area contributed by atoms with Gasteiger partial charge < -0.3 is 19.9 Å². The minimum absolute atomic E-state index is 0.266. The number of rotatable bonds is 4. The van der Waals surface area contributed by atoms with Crippen molar-refractivity contribution in [2.75, 3.05) is 43.0 Å². The van der Waals surface area contributed by atoms with Gasteiger partial charge >= 0.3 is 6.09 Å². The zero-order valence-electron chi connectivity index (χ0n) is 14.9. The molecule has 0 unspecified atom stereocenters. The van der Waals surface area contributed by atoms with Gasteiger partial charge in [-0.05, 0) is 31.2 Å². The summed E-state index contributed by atoms with van der Waals surface area (Å²) in [6.07, 6.45) is 1.06. The van der Waals surface area contributed by atoms with Gasteiger partial charge in [0.2, 0.25) is 0 Å². The molecule has 3 rings (SSSR count). The molecule has 0 aliphatic carbocycles. The summed E-state index contributed by atoms with van der Waals surface area (Å²) in [7, 11) is 0. The fourth-order valence-corrected chi connectivity index (χ4v) is 2.83. The molecule has 27 heavy (non-hydrogen) atoms. The van der Waals surface area contributed by atoms with Crippen molar-refractivity contribution >= 4 is 35.1 Å². The number of carbonyl (C=O) groups excluding carboxylic acids is 2. The maximum atomic E-state index is 12.4. The Kier molecular flexibility index (Phi) is 6.08. The summed E-state index contributed by atoms with van der Waals surface area (Å²) < 4.78 is 5.02. The average molecular weight is 390 g/mol. The number of hydrogen-bond acceptors (Lipinski definition) is 6. The summed E-state index contributed by atoms with van der Waals surface area (Å²) >= 11 is 5.85. The van der Waals surface area contributed by atoms with Gasteiger partial charge in [0, 0.05) is 43.0 Å². The van der Waals surface area contributed by atoms with Gasteiger partial charge in [-0.3, -0.25) is 4.79 Å². The second-order valence-electron chi connectivity index (χ2n) is 5.90. The van der Waals surface area contributed by atoms with E-state index in [4.69, 9.17) is 16.3 Å². The lowest BCUT2D eigenvalue weighted by atomic mass is 10.2. The smallest absolute Gasteiger partial charge is 0.409 e. The van der Waals surface area contributed by atoms with Crippen LogP contribution in [0.25, 0.3) is 0 Å². The second kappa shape index (κ2) is 8.68. The predicted octanol–water partition coefficient (Wildman–Crippen LogP) is 2.66. The fraction of sp³-hybridized carbons (Fsp3) is 0.333. The molecule has 1 saturated heterocycles. The summed E-state index contributed by atoms with van der Waals surface area (Å²) in [5.74, 6) is 0.320. The first kappa shape index (κ1) is 18.9. The number of aromatic nitrogens is 2. The van der Waals surface area contributed by atoms with Crippen molar-refractivity contribution in [3.63, 3.8) is 0 Å². The highest BCUT2D eigenvalue weighted by atomic mass is 35.5. The standard InChI is InChI=1S/C18H20ClN5O3/c1-2-27-18(26)24-9-7-23(8-10-24)16-11-15(20-12-21-16)17(25)22-14-5-3-13(19)4-6-14/h3-6,11-12H,2,7-10H2,1H3,(H,22,25). The van der Waals surface area contributed by atoms with E-state index in [0.29, 0.717) is 49.3 Å². The van der Waals surface area contributed by atoms with Crippen LogP contribution < -0.4 is 10.2 Å². The number of nitrogens with zero attached hydrogens (tertiary/aromatic N) is 4. The van der Waals surface area contributed by atoms with Gasteiger partial charge in [0.05, 0.1) is 6.61 Å². The third-order valence-corrected chi connectivity index (χ3v) is 4.37. The molecular formula is C18H20ClN5O3. The SMILES string of the molecule is CCOC(=O)N1CCN(c2cc(C(=O)Nc3ccc(Cl)cc3)ncn2)CC1. The molecule has 1 aromatic carbocycles. The van der Waals surface area contributed by atoms with E-state index in [9.17, 15) is 9.59 Å². The van der Waals surface area contributed by atoms with Crippen LogP contribution >= 0.6 is 11.6 Å². The normalized spacial score (nSPS) is 14.0. The van der Waals surface area contributed by atoms with Crippen LogP contribution in [0.5, 0.6) is 0 Å². The molecule has 2 aromatic rings. The van der Waals surface area contributed by atoms with Crippen molar-refractivity contribution in [3.8, 4) is 0 Å². The van der Waals surface area contributed by atoms with Crippen LogP contribution in [-0.2, 0) is 4.74 Å². The van der Waals surface area contributed by atoms with Gasteiger partial charge in [-0.25, -0.2) is 14.8 Å². The number of benzene rings is 1. The van der Waals surface area contributed by atoms with Crippen LogP contribution in [0.15, 0.2) is 36.7 Å². The number of halogens is 1. The molecule has 1 aromatic heterocycles. The summed E-state index contributed by atoms with van der Waals surface area (Å²) in [6.45, 7) is 4.43. The van der Waals surface area contributed by atoms with Crippen molar-refractivity contribution < 1.29 is 14.3 Å². The average Bonchev–Trinajstić information content (AvgIpc) is 2.70. The molecule has 0 atom stereocenters. The zero-order chi connectivity index (χ0) is 19.2. The predicted molar refractivity (Wildman–Crippen MR) is 102 cm³/mol. The van der Waals surface area contributed by atoms with Crippen molar-refractivity contribution in [3.05, 3.63) is 47.4 Å². The van der Waals surface area contributed by atoms with E-state index < -0.39 is 0 Å². The molecule has 0 radical (unpaired) electrons. The highest BCUT2D eigenvalue weighted by Crippen LogP contribution is 2.17. The number of nitrogens with one attached hydrogen (secondary N) is 1. The van der Waals surface area contributed by atoms with E-state index in [0.717, 1.165) is 0 Å². The maximum Gasteiger partial charge on any atom is 0.409 e. The highest BCUT2D eigenvalue weighted by Gasteiger charge is 2.23. The van der Waals surface area contributed by atoms with Crippen molar-refractivity contribution in [1.82, 2.24) is 14.9 Å². The molecule has 8 nitrogen and oxygen atoms in total. The van der Waals surface area contributed by atoms with E-state index >= 15 is 0 Å². The summed E-state index contributed by atoms with van der Waals surface area (Å²) in [5.41, 5.74) is 0.899. The van der Waals surface area contributed by atoms with Crippen LogP contribution in [0, 0.1) is 0 Å². The van der Waals surface area contributed by atoms with Gasteiger partial charge in [-0.15, -0.1) is 0 Å². The lowest BCUT2D eigenvalue weighted by Gasteiger charge is -2.34. The van der Waals surface area contributed by atoms with E-state index in [-0.39, 0.29) is 17.7 Å². The Bertz CT molecular complexity index is 807. The first-order valence-corrected chi connectivity index (χ1v) is 9.00. The van der Waals surface area contributed by atoms with Crippen LogP contribution in [0.1, 0.15) is 17.4 Å². The molecule has 2 heterocycles. The molecule has 1 N–H and O–H groups in total. The molecule has 9 heteroatoms. The van der Waals surface area contributed by atoms with Crippen LogP contribution in [0.2, 0.25) is 5.02 Å². The molecule has 142 valence electrons. The molecule has 0 saturated carbocycles. The zero-order valence-corrected chi connectivity index (χ0v) is 15.6. The minimum Gasteiger partial charge on any atom is -0.450 e. The maximum absolute atomic E-state index is 12.4. The lowest BCUT2D eigenvalue weighted by molar-refractivity contribution is 0.102. The number of ether oxygens (including phenoxy) is 1. The Morgan fingerprint density at radius 3 is 2.52 bits per heavy atom. The van der Waals surface area contributed by atoms with Crippen molar-refractivity contribution in [2.45, 2.75) is 6.92 Å². The molecule has 2 amide bonds. The Morgan fingerprint density at radius 2 is 1.85 bits per heavy atom. The number of amides is 2. The Balaban J connectivity index is 1.63. The van der Waals surface area contributed by atoms with Crippen molar-refractivity contribution in [1.29, 1.82) is 0 Å². The molecule has 1 aliphatic heterocycles. The van der Waals surface area contributed by atoms with Gasteiger partial charge in [-0.2, -0.15) is 0 Å². The fourth-order valence-electron chi connectivity index (χ4n) is 2.71. The molecule has 0 spiro atoms. The molecule has 1 fully saturated rings. The number of piperazine rings is 1. The number of carbonyl (C=O) groups is 2. The first-order valence-electron chi connectivity index (χ1n) is 8.62. The summed E-state index contributed by atoms with van der Waals surface area (Å²) in [5, 5.41) is 3.37. The molecule has 0 bridgehead atoms. The van der Waals surface area contributed by atoms with Gasteiger partial charge in [0.25, 0.3) is 5.91 Å². The largest absolute Gasteiger partial charge is 0.450 e. The summed E-state index contributed by atoms with van der Waals surface area (Å²) in [6, 6.07) is 8.48. The number of anilines is 2. The van der Waals surface area contributed by atoms with Gasteiger partial charge in [0.1, 0.15) is 17.8 Å². The Hall–Kier alpha value is -2.87. The Labute approximate surface area is 162 Å². The monoisotopic (exact) mass is 389 g/mol. The second-order valence-corrected chi connectivity index (χ2v) is 6.33. The van der Waals surface area contributed by atoms with Gasteiger partial charge in [0.15, 0.2) is 0 Å². The highest BCUT2D eigenvalue weighted by molar-refractivity contribution is 6.30. The third-order valence-electron chi connectivity index (χ3n) is 4.12. The van der Waals surface area contributed by atoms with E-state index in [1.54, 1.807) is 42.2 Å². The quantitative estimate of drug-likeness (QED) is 0.864. The topological polar surface area (TPSA) is 87.7 Å².